The summed E-state index contributed by atoms with van der Waals surface area (Å²) < 4.78 is 1.59. The fourth-order valence-corrected chi connectivity index (χ4v) is 2.54. The number of amides is 1. The largest absolute Gasteiger partial charge is 0.328 e. The SMILES string of the molecule is [B]Cc1cc2[nH]c(=O)n(C3CCC(=O)NC3=C)c2cn1. The number of carbonyl (C=O) groups excluding carboxylic acids is 1. The van der Waals surface area contributed by atoms with Gasteiger partial charge in [-0.25, -0.2) is 4.79 Å². The third-order valence-electron chi connectivity index (χ3n) is 3.53. The Kier molecular flexibility index (Phi) is 2.96. The van der Waals surface area contributed by atoms with Gasteiger partial charge in [0.2, 0.25) is 5.91 Å². The molecule has 0 aromatic carbocycles. The molecule has 2 radical (unpaired) electrons. The van der Waals surface area contributed by atoms with Crippen molar-refractivity contribution in [2.24, 2.45) is 0 Å². The van der Waals surface area contributed by atoms with Crippen molar-refractivity contribution in [3.05, 3.63) is 40.7 Å². The molecule has 1 atom stereocenters. The summed E-state index contributed by atoms with van der Waals surface area (Å²) in [5, 5.41) is 2.68. The molecule has 6 nitrogen and oxygen atoms in total. The van der Waals surface area contributed by atoms with E-state index in [1.165, 1.54) is 0 Å². The van der Waals surface area contributed by atoms with Crippen molar-refractivity contribution >= 4 is 24.8 Å². The summed E-state index contributed by atoms with van der Waals surface area (Å²) >= 11 is 0. The van der Waals surface area contributed by atoms with E-state index in [-0.39, 0.29) is 17.6 Å². The number of nitrogens with one attached hydrogen (secondary N) is 2. The Labute approximate surface area is 116 Å². The lowest BCUT2D eigenvalue weighted by atomic mass is 10.0. The number of carbonyl (C=O) groups is 1. The van der Waals surface area contributed by atoms with Crippen LogP contribution in [-0.2, 0) is 11.1 Å². The van der Waals surface area contributed by atoms with Gasteiger partial charge in [-0.2, -0.15) is 0 Å². The van der Waals surface area contributed by atoms with Crippen LogP contribution in [0, 0.1) is 0 Å². The van der Waals surface area contributed by atoms with E-state index in [1.807, 2.05) is 0 Å². The highest BCUT2D eigenvalue weighted by Crippen LogP contribution is 2.26. The van der Waals surface area contributed by atoms with Crippen LogP contribution in [0.15, 0.2) is 29.3 Å². The maximum atomic E-state index is 12.2. The lowest BCUT2D eigenvalue weighted by Crippen LogP contribution is -2.36. The summed E-state index contributed by atoms with van der Waals surface area (Å²) in [7, 11) is 5.54. The average Bonchev–Trinajstić information content (AvgIpc) is 2.74. The van der Waals surface area contributed by atoms with E-state index in [0.717, 1.165) is 0 Å². The van der Waals surface area contributed by atoms with E-state index in [1.54, 1.807) is 16.8 Å². The highest BCUT2D eigenvalue weighted by atomic mass is 16.2. The van der Waals surface area contributed by atoms with Gasteiger partial charge in [-0.15, -0.1) is 0 Å². The monoisotopic (exact) mass is 268 g/mol. The molecule has 100 valence electrons. The number of pyridine rings is 1. The van der Waals surface area contributed by atoms with Gasteiger partial charge >= 0.3 is 5.69 Å². The molecule has 1 fully saturated rings. The first-order valence-corrected chi connectivity index (χ1v) is 6.38. The molecule has 0 bridgehead atoms. The molecule has 7 heteroatoms. The number of aromatic amines is 1. The predicted molar refractivity (Wildman–Crippen MR) is 75.4 cm³/mol. The standard InChI is InChI=1S/C13H13BN4O2/c1-7-10(2-3-12(19)16-7)18-11-6-15-8(5-14)4-9(11)17-13(18)20/h4,6,10H,1-3,5H2,(H,16,19)(H,17,20). The molecule has 3 heterocycles. The van der Waals surface area contributed by atoms with Crippen molar-refractivity contribution in [2.75, 3.05) is 0 Å². The van der Waals surface area contributed by atoms with Crippen molar-refractivity contribution in [1.29, 1.82) is 0 Å². The van der Waals surface area contributed by atoms with Crippen LogP contribution in [0.1, 0.15) is 24.6 Å². The summed E-state index contributed by atoms with van der Waals surface area (Å²) in [5.74, 6) is -0.0670. The van der Waals surface area contributed by atoms with Gasteiger partial charge in [-0.05, 0) is 18.8 Å². The van der Waals surface area contributed by atoms with Gasteiger partial charge in [0.15, 0.2) is 0 Å². The maximum Gasteiger partial charge on any atom is 0.327 e. The lowest BCUT2D eigenvalue weighted by Gasteiger charge is -2.25. The van der Waals surface area contributed by atoms with E-state index in [2.05, 4.69) is 21.9 Å². The fourth-order valence-electron chi connectivity index (χ4n) is 2.54. The van der Waals surface area contributed by atoms with E-state index >= 15 is 0 Å². The van der Waals surface area contributed by atoms with Crippen LogP contribution in [0.5, 0.6) is 0 Å². The molecule has 2 N–H and O–H groups in total. The van der Waals surface area contributed by atoms with Crippen molar-refractivity contribution < 1.29 is 4.79 Å². The number of fused-ring (bicyclic) bond motifs is 1. The van der Waals surface area contributed by atoms with Crippen LogP contribution < -0.4 is 11.0 Å². The van der Waals surface area contributed by atoms with Crippen molar-refractivity contribution in [3.8, 4) is 0 Å². The number of H-pyrrole nitrogens is 1. The molecule has 2 aromatic heterocycles. The number of hydrogen-bond donors (Lipinski definition) is 2. The Bertz CT molecular complexity index is 761. The van der Waals surface area contributed by atoms with Crippen LogP contribution >= 0.6 is 0 Å². The van der Waals surface area contributed by atoms with Crippen LogP contribution in [0.3, 0.4) is 0 Å². The third kappa shape index (κ3) is 1.95. The average molecular weight is 268 g/mol. The minimum absolute atomic E-state index is 0.0670. The van der Waals surface area contributed by atoms with Gasteiger partial charge in [0.05, 0.1) is 31.1 Å². The van der Waals surface area contributed by atoms with Crippen molar-refractivity contribution in [2.45, 2.75) is 25.2 Å². The highest BCUT2D eigenvalue weighted by molar-refractivity contribution is 6.08. The number of imidazole rings is 1. The molecule has 1 amide bonds. The second-order valence-electron chi connectivity index (χ2n) is 4.82. The molecule has 1 unspecified atom stereocenters. The molecule has 1 aliphatic heterocycles. The quantitative estimate of drug-likeness (QED) is 0.771. The molecular weight excluding hydrogens is 255 g/mol. The number of rotatable bonds is 2. The Hall–Kier alpha value is -2.31. The molecule has 1 saturated heterocycles. The molecule has 1 aliphatic rings. The molecular formula is C13H13BN4O2. The Morgan fingerprint density at radius 2 is 2.30 bits per heavy atom. The molecule has 2 aromatic rings. The molecule has 0 aliphatic carbocycles. The molecule has 0 saturated carbocycles. The lowest BCUT2D eigenvalue weighted by molar-refractivity contribution is -0.121. The van der Waals surface area contributed by atoms with Gasteiger partial charge in [-0.3, -0.25) is 14.3 Å². The maximum absolute atomic E-state index is 12.2. The second kappa shape index (κ2) is 4.66. The Morgan fingerprint density at radius 3 is 3.00 bits per heavy atom. The Balaban J connectivity index is 2.12. The van der Waals surface area contributed by atoms with E-state index in [9.17, 15) is 9.59 Å². The topological polar surface area (TPSA) is 79.8 Å². The smallest absolute Gasteiger partial charge is 0.327 e. The van der Waals surface area contributed by atoms with Crippen LogP contribution in [0.4, 0.5) is 0 Å². The number of nitrogens with zero attached hydrogens (tertiary/aromatic N) is 2. The first-order valence-electron chi connectivity index (χ1n) is 6.38. The van der Waals surface area contributed by atoms with E-state index < -0.39 is 0 Å². The predicted octanol–water partition coefficient (Wildman–Crippen LogP) is 0.358. The first-order chi connectivity index (χ1) is 9.60. The summed E-state index contributed by atoms with van der Waals surface area (Å²) in [6, 6.07) is 1.51. The number of allylic oxidation sites excluding steroid dienone is 1. The van der Waals surface area contributed by atoms with Gasteiger partial charge in [0, 0.05) is 17.8 Å². The van der Waals surface area contributed by atoms with Crippen LogP contribution in [0.25, 0.3) is 11.0 Å². The zero-order chi connectivity index (χ0) is 14.3. The summed E-state index contributed by atoms with van der Waals surface area (Å²) in [5.41, 5.74) is 2.39. The van der Waals surface area contributed by atoms with Crippen LogP contribution in [-0.4, -0.2) is 28.3 Å². The van der Waals surface area contributed by atoms with Gasteiger partial charge < -0.3 is 10.3 Å². The van der Waals surface area contributed by atoms with E-state index in [0.29, 0.717) is 41.6 Å². The number of hydrogen-bond acceptors (Lipinski definition) is 3. The van der Waals surface area contributed by atoms with Gasteiger partial charge in [0.1, 0.15) is 0 Å². The fraction of sp³-hybridized carbons (Fsp3) is 0.308. The van der Waals surface area contributed by atoms with Crippen molar-refractivity contribution in [1.82, 2.24) is 19.9 Å². The summed E-state index contributed by atoms with van der Waals surface area (Å²) in [6.07, 6.45) is 2.86. The first kappa shape index (κ1) is 12.7. The summed E-state index contributed by atoms with van der Waals surface area (Å²) in [4.78, 5) is 30.5. The third-order valence-corrected chi connectivity index (χ3v) is 3.53. The van der Waals surface area contributed by atoms with E-state index in [4.69, 9.17) is 7.85 Å². The van der Waals surface area contributed by atoms with Gasteiger partial charge in [-0.1, -0.05) is 6.58 Å². The van der Waals surface area contributed by atoms with Crippen molar-refractivity contribution in [3.63, 3.8) is 0 Å². The zero-order valence-electron chi connectivity index (χ0n) is 10.8. The highest BCUT2D eigenvalue weighted by Gasteiger charge is 2.26. The zero-order valence-corrected chi connectivity index (χ0v) is 10.8. The molecule has 20 heavy (non-hydrogen) atoms. The second-order valence-corrected chi connectivity index (χ2v) is 4.82. The number of piperidine rings is 1. The Morgan fingerprint density at radius 1 is 1.50 bits per heavy atom. The minimum Gasteiger partial charge on any atom is -0.328 e. The number of aromatic nitrogens is 3. The normalized spacial score (nSPS) is 19.3. The summed E-state index contributed by atoms with van der Waals surface area (Å²) in [6.45, 7) is 3.84. The molecule has 0 spiro atoms. The van der Waals surface area contributed by atoms with Gasteiger partial charge in [0.25, 0.3) is 0 Å². The minimum atomic E-state index is -0.250. The van der Waals surface area contributed by atoms with Crippen LogP contribution in [0.2, 0.25) is 0 Å². The molecule has 3 rings (SSSR count).